The van der Waals surface area contributed by atoms with E-state index >= 15 is 0 Å². The molecule has 4 heterocycles. The number of hydrogen-bond donors (Lipinski definition) is 1. The summed E-state index contributed by atoms with van der Waals surface area (Å²) in [5.74, 6) is 0.532. The molecule has 0 aliphatic carbocycles. The minimum Gasteiger partial charge on any atom is -0.356 e. The Labute approximate surface area is 238 Å². The second kappa shape index (κ2) is 12.6. The molecule has 0 spiro atoms. The third-order valence-electron chi connectivity index (χ3n) is 7.80. The van der Waals surface area contributed by atoms with Crippen LogP contribution in [0.3, 0.4) is 0 Å². The number of aromatic nitrogens is 2. The highest BCUT2D eigenvalue weighted by Gasteiger charge is 2.33. The van der Waals surface area contributed by atoms with Gasteiger partial charge in [-0.2, -0.15) is 26.3 Å². The minimum atomic E-state index is -4.35. The van der Waals surface area contributed by atoms with Gasteiger partial charge in [0.05, 0.1) is 22.5 Å². The fourth-order valence-electron chi connectivity index (χ4n) is 5.47. The maximum absolute atomic E-state index is 12.7. The largest absolute Gasteiger partial charge is 0.416 e. The zero-order valence-corrected chi connectivity index (χ0v) is 23.1. The van der Waals surface area contributed by atoms with Gasteiger partial charge in [-0.25, -0.2) is 0 Å². The Balaban J connectivity index is 0.000000185. The molecule has 0 amide bonds. The molecule has 4 aromatic rings. The number of fused-ring (bicyclic) bond motifs is 2. The molecule has 2 aromatic heterocycles. The molecule has 2 aromatic carbocycles. The third-order valence-corrected chi connectivity index (χ3v) is 7.80. The Kier molecular flexibility index (Phi) is 9.55. The van der Waals surface area contributed by atoms with Crippen molar-refractivity contribution in [1.29, 1.82) is 0 Å². The average molecular weight is 605 g/mol. The van der Waals surface area contributed by atoms with Crippen LogP contribution in [0.15, 0.2) is 45.4 Å². The standard InChI is InChI=1S/C15H17F3N2O.C13H13F3N2O.ClH/c1-2-20-7-5-10(6-8-20)14-12-4-3-11(15(16,17)18)9-13(12)21-19-14;14-13(15,16)9-1-2-10-11(7-9)19-18-12(10)8-3-5-17-6-4-8;/h3-4,9-10H,2,5-8H2,1H3;1-2,7-8,17H,3-6H2;1H. The lowest BCUT2D eigenvalue weighted by Crippen LogP contribution is -2.32. The van der Waals surface area contributed by atoms with Gasteiger partial charge in [0.25, 0.3) is 0 Å². The number of nitrogens with one attached hydrogen (secondary N) is 1. The summed E-state index contributed by atoms with van der Waals surface area (Å²) >= 11 is 0. The van der Waals surface area contributed by atoms with Crippen molar-refractivity contribution in [2.24, 2.45) is 0 Å². The number of piperidine rings is 2. The highest BCUT2D eigenvalue weighted by molar-refractivity contribution is 5.85. The van der Waals surface area contributed by atoms with Crippen molar-refractivity contribution in [1.82, 2.24) is 20.5 Å². The van der Waals surface area contributed by atoms with Gasteiger partial charge in [0, 0.05) is 22.6 Å². The summed E-state index contributed by atoms with van der Waals surface area (Å²) in [5.41, 5.74) is 0.618. The van der Waals surface area contributed by atoms with Gasteiger partial charge in [-0.3, -0.25) is 0 Å². The van der Waals surface area contributed by atoms with E-state index in [1.807, 2.05) is 0 Å². The van der Waals surface area contributed by atoms with E-state index < -0.39 is 23.5 Å². The molecule has 224 valence electrons. The summed E-state index contributed by atoms with van der Waals surface area (Å²) in [5, 5.41) is 12.7. The summed E-state index contributed by atoms with van der Waals surface area (Å²) in [6.45, 7) is 6.96. The molecular formula is C28H31ClF6N4O2. The quantitative estimate of drug-likeness (QED) is 0.241. The lowest BCUT2D eigenvalue weighted by molar-refractivity contribution is -0.138. The first-order valence-electron chi connectivity index (χ1n) is 13.4. The minimum absolute atomic E-state index is 0. The number of rotatable bonds is 3. The molecule has 0 saturated carbocycles. The monoisotopic (exact) mass is 604 g/mol. The number of likely N-dealkylation sites (tertiary alicyclic amines) is 1. The lowest BCUT2D eigenvalue weighted by Gasteiger charge is -2.30. The van der Waals surface area contributed by atoms with Crippen molar-refractivity contribution in [3.8, 4) is 0 Å². The van der Waals surface area contributed by atoms with E-state index in [2.05, 4.69) is 27.5 Å². The van der Waals surface area contributed by atoms with E-state index in [0.717, 1.165) is 94.1 Å². The Bertz CT molecular complexity index is 1440. The van der Waals surface area contributed by atoms with E-state index in [9.17, 15) is 26.3 Å². The molecule has 6 nitrogen and oxygen atoms in total. The fourth-order valence-corrected chi connectivity index (χ4v) is 5.47. The van der Waals surface area contributed by atoms with E-state index in [4.69, 9.17) is 9.05 Å². The normalized spacial score (nSPS) is 17.8. The predicted molar refractivity (Wildman–Crippen MR) is 144 cm³/mol. The van der Waals surface area contributed by atoms with Crippen LogP contribution in [0.5, 0.6) is 0 Å². The van der Waals surface area contributed by atoms with Gasteiger partial charge in [0.2, 0.25) is 0 Å². The second-order valence-electron chi connectivity index (χ2n) is 10.3. The first kappa shape index (κ1) is 31.1. The molecule has 0 atom stereocenters. The van der Waals surface area contributed by atoms with Crippen LogP contribution in [0.4, 0.5) is 26.3 Å². The van der Waals surface area contributed by atoms with Gasteiger partial charge in [-0.05, 0) is 94.8 Å². The molecule has 13 heteroatoms. The van der Waals surface area contributed by atoms with Crippen molar-refractivity contribution < 1.29 is 35.4 Å². The zero-order valence-electron chi connectivity index (χ0n) is 22.3. The third kappa shape index (κ3) is 6.98. The van der Waals surface area contributed by atoms with Crippen LogP contribution in [0, 0.1) is 0 Å². The van der Waals surface area contributed by atoms with Gasteiger partial charge in [-0.1, -0.05) is 17.2 Å². The Morgan fingerprint density at radius 1 is 0.756 bits per heavy atom. The molecule has 1 N–H and O–H groups in total. The number of benzene rings is 2. The van der Waals surface area contributed by atoms with Crippen molar-refractivity contribution in [2.75, 3.05) is 32.7 Å². The van der Waals surface area contributed by atoms with Crippen molar-refractivity contribution >= 4 is 34.3 Å². The van der Waals surface area contributed by atoms with E-state index in [-0.39, 0.29) is 35.4 Å². The first-order chi connectivity index (χ1) is 19.0. The highest BCUT2D eigenvalue weighted by atomic mass is 35.5. The van der Waals surface area contributed by atoms with Gasteiger partial charge >= 0.3 is 12.4 Å². The van der Waals surface area contributed by atoms with Crippen molar-refractivity contribution in [3.63, 3.8) is 0 Å². The van der Waals surface area contributed by atoms with Gasteiger partial charge < -0.3 is 19.3 Å². The van der Waals surface area contributed by atoms with Crippen LogP contribution in [-0.4, -0.2) is 47.9 Å². The van der Waals surface area contributed by atoms with Crippen molar-refractivity contribution in [2.45, 2.75) is 56.8 Å². The van der Waals surface area contributed by atoms with Crippen LogP contribution in [0.25, 0.3) is 21.9 Å². The lowest BCUT2D eigenvalue weighted by atomic mass is 9.91. The topological polar surface area (TPSA) is 67.3 Å². The first-order valence-corrected chi connectivity index (χ1v) is 13.4. The average Bonchev–Trinajstić information content (AvgIpc) is 3.57. The number of alkyl halides is 6. The molecule has 2 fully saturated rings. The molecular weight excluding hydrogens is 574 g/mol. The van der Waals surface area contributed by atoms with E-state index in [0.29, 0.717) is 10.8 Å². The summed E-state index contributed by atoms with van der Waals surface area (Å²) in [6, 6.07) is 7.19. The molecule has 2 aliphatic heterocycles. The van der Waals surface area contributed by atoms with E-state index in [1.165, 1.54) is 12.1 Å². The van der Waals surface area contributed by atoms with Crippen LogP contribution in [0.1, 0.15) is 67.0 Å². The SMILES string of the molecule is CCN1CCC(c2noc3cc(C(F)(F)F)ccc23)CC1.Cl.FC(F)(F)c1ccc2c(C3CCNCC3)noc2c1. The van der Waals surface area contributed by atoms with Gasteiger partial charge in [-0.15, -0.1) is 12.4 Å². The predicted octanol–water partition coefficient (Wildman–Crippen LogP) is 7.78. The molecule has 2 aliphatic rings. The molecule has 0 radical (unpaired) electrons. The van der Waals surface area contributed by atoms with Crippen LogP contribution < -0.4 is 5.32 Å². The second-order valence-corrected chi connectivity index (χ2v) is 10.3. The highest BCUT2D eigenvalue weighted by Crippen LogP contribution is 2.37. The molecule has 6 rings (SSSR count). The summed E-state index contributed by atoms with van der Waals surface area (Å²) < 4.78 is 86.1. The number of nitrogens with zero attached hydrogens (tertiary/aromatic N) is 3. The van der Waals surface area contributed by atoms with Crippen LogP contribution in [-0.2, 0) is 12.4 Å². The van der Waals surface area contributed by atoms with E-state index in [1.54, 1.807) is 0 Å². The Hall–Kier alpha value is -2.83. The molecule has 2 saturated heterocycles. The van der Waals surface area contributed by atoms with Gasteiger partial charge in [0.15, 0.2) is 11.2 Å². The summed E-state index contributed by atoms with van der Waals surface area (Å²) in [6.07, 6.45) is -4.90. The number of hydrogen-bond acceptors (Lipinski definition) is 6. The molecule has 41 heavy (non-hydrogen) atoms. The Morgan fingerprint density at radius 2 is 1.20 bits per heavy atom. The van der Waals surface area contributed by atoms with Crippen LogP contribution >= 0.6 is 12.4 Å². The maximum atomic E-state index is 12.7. The summed E-state index contributed by atoms with van der Waals surface area (Å²) in [7, 11) is 0. The smallest absolute Gasteiger partial charge is 0.356 e. The van der Waals surface area contributed by atoms with Gasteiger partial charge in [0.1, 0.15) is 0 Å². The van der Waals surface area contributed by atoms with Crippen molar-refractivity contribution in [3.05, 3.63) is 58.9 Å². The Morgan fingerprint density at radius 3 is 1.61 bits per heavy atom. The molecule has 0 bridgehead atoms. The maximum Gasteiger partial charge on any atom is 0.416 e. The molecule has 0 unspecified atom stereocenters. The number of halogens is 7. The zero-order chi connectivity index (χ0) is 28.5. The summed E-state index contributed by atoms with van der Waals surface area (Å²) in [4.78, 5) is 2.36. The fraction of sp³-hybridized carbons (Fsp3) is 0.500. The van der Waals surface area contributed by atoms with Crippen LogP contribution in [0.2, 0.25) is 0 Å².